The molecule has 4 amide bonds. The van der Waals surface area contributed by atoms with E-state index in [1.165, 1.54) is 11.0 Å². The first-order chi connectivity index (χ1) is 23.0. The summed E-state index contributed by atoms with van der Waals surface area (Å²) in [6.07, 6.45) is 9.40. The minimum atomic E-state index is -1.11. The number of benzene rings is 1. The largest absolute Gasteiger partial charge is 0.494 e. The van der Waals surface area contributed by atoms with E-state index in [-0.39, 0.29) is 50.1 Å². The maximum absolute atomic E-state index is 14.6. The Morgan fingerprint density at radius 3 is 2.60 bits per heavy atom. The molecule has 2 fully saturated rings. The molecule has 3 aliphatic rings. The van der Waals surface area contributed by atoms with Crippen molar-refractivity contribution in [3.8, 4) is 5.75 Å². The van der Waals surface area contributed by atoms with Crippen LogP contribution in [0.3, 0.4) is 0 Å². The predicted octanol–water partition coefficient (Wildman–Crippen LogP) is 3.55. The van der Waals surface area contributed by atoms with E-state index in [1.807, 2.05) is 38.1 Å². The molecule has 11 nitrogen and oxygen atoms in total. The number of ketones is 1. The van der Waals surface area contributed by atoms with Crippen LogP contribution in [0.15, 0.2) is 49.6 Å². The molecule has 1 aliphatic carbocycles. The first kappa shape index (κ1) is 36.8. The fourth-order valence-electron chi connectivity index (χ4n) is 6.99. The first-order valence-electron chi connectivity index (χ1n) is 17.3. The topological polar surface area (TPSA) is 143 Å². The zero-order valence-electron chi connectivity index (χ0n) is 28.5. The zero-order chi connectivity index (χ0) is 34.7. The normalized spacial score (nSPS) is 24.3. The van der Waals surface area contributed by atoms with E-state index in [1.54, 1.807) is 6.08 Å². The van der Waals surface area contributed by atoms with E-state index in [9.17, 15) is 24.0 Å². The van der Waals surface area contributed by atoms with Crippen LogP contribution in [0.25, 0.3) is 0 Å². The molecule has 2 aliphatic heterocycles. The van der Waals surface area contributed by atoms with Gasteiger partial charge in [0.25, 0.3) is 5.91 Å². The molecule has 1 saturated heterocycles. The van der Waals surface area contributed by atoms with Gasteiger partial charge in [0.1, 0.15) is 17.8 Å². The van der Waals surface area contributed by atoms with E-state index in [4.69, 9.17) is 9.47 Å². The third-order valence-electron chi connectivity index (χ3n) is 9.42. The maximum Gasteiger partial charge on any atom is 0.289 e. The monoisotopic (exact) mass is 664 g/mol. The summed E-state index contributed by atoms with van der Waals surface area (Å²) in [6.45, 7) is 12.0. The lowest BCUT2D eigenvalue weighted by atomic mass is 9.83. The average molecular weight is 665 g/mol. The molecule has 4 atom stereocenters. The van der Waals surface area contributed by atoms with Gasteiger partial charge in [0.05, 0.1) is 30.8 Å². The van der Waals surface area contributed by atoms with Crippen molar-refractivity contribution in [3.05, 3.63) is 55.1 Å². The summed E-state index contributed by atoms with van der Waals surface area (Å²) in [5.74, 6) is -2.16. The van der Waals surface area contributed by atoms with E-state index in [0.717, 1.165) is 37.7 Å². The molecule has 4 rings (SSSR count). The quantitative estimate of drug-likeness (QED) is 0.257. The number of carbonyl (C=O) groups excluding carboxylic acids is 5. The summed E-state index contributed by atoms with van der Waals surface area (Å²) in [4.78, 5) is 69.3. The molecule has 1 aromatic carbocycles. The highest BCUT2D eigenvalue weighted by Gasteiger charge is 2.46. The molecule has 11 heteroatoms. The van der Waals surface area contributed by atoms with Gasteiger partial charge in [-0.3, -0.25) is 24.0 Å². The summed E-state index contributed by atoms with van der Waals surface area (Å²) >= 11 is 0. The lowest BCUT2D eigenvalue weighted by Gasteiger charge is -2.35. The Morgan fingerprint density at radius 2 is 1.88 bits per heavy atom. The molecule has 0 spiro atoms. The summed E-state index contributed by atoms with van der Waals surface area (Å²) in [5.41, 5.74) is 0.200. The van der Waals surface area contributed by atoms with Crippen molar-refractivity contribution < 1.29 is 33.4 Å². The second-order valence-corrected chi connectivity index (χ2v) is 13.8. The zero-order valence-corrected chi connectivity index (χ0v) is 28.5. The summed E-state index contributed by atoms with van der Waals surface area (Å²) in [7, 11) is 0. The number of ether oxygens (including phenoxy) is 2. The number of allylic oxidation sites excluding steroid dienone is 1. The number of carbonyl (C=O) groups is 5. The summed E-state index contributed by atoms with van der Waals surface area (Å²) in [5, 5.41) is 8.31. The maximum atomic E-state index is 14.6. The van der Waals surface area contributed by atoms with Crippen molar-refractivity contribution in [1.82, 2.24) is 20.9 Å². The molecule has 3 N–H and O–H groups in total. The van der Waals surface area contributed by atoms with Crippen molar-refractivity contribution in [2.45, 2.75) is 114 Å². The summed E-state index contributed by atoms with van der Waals surface area (Å²) < 4.78 is 12.6. The number of hydrogen-bond acceptors (Lipinski definition) is 7. The van der Waals surface area contributed by atoms with Gasteiger partial charge >= 0.3 is 0 Å². The minimum Gasteiger partial charge on any atom is -0.494 e. The number of Topliss-reactive ketones (excluding diaryl/α,β-unsaturated/α-hetero) is 1. The number of amides is 4. The molecule has 2 heterocycles. The highest BCUT2D eigenvalue weighted by Crippen LogP contribution is 2.32. The molecule has 1 unspecified atom stereocenters. The molecule has 0 radical (unpaired) electrons. The number of nitrogens with zero attached hydrogens (tertiary/aromatic N) is 1. The fraction of sp³-hybridized carbons (Fsp3) is 0.595. The van der Waals surface area contributed by atoms with Gasteiger partial charge in [-0.25, -0.2) is 0 Å². The second-order valence-electron chi connectivity index (χ2n) is 13.8. The van der Waals surface area contributed by atoms with E-state index in [2.05, 4.69) is 29.1 Å². The SMILES string of the molecule is C=CCCC(NC(=O)[C@@H]1C[C@@H]2CN1C(=O)[C@H](C1CCCCC1)NC(=O)Cc1cccc(c1)OCCCC(C)(C)O2)C(=O)C(=O)NCC=C. The van der Waals surface area contributed by atoms with Gasteiger partial charge in [-0.15, -0.1) is 13.2 Å². The highest BCUT2D eigenvalue weighted by molar-refractivity contribution is 6.38. The molecular formula is C37H52N4O7. The molecule has 1 aromatic rings. The number of hydrogen-bond donors (Lipinski definition) is 3. The van der Waals surface area contributed by atoms with Crippen LogP contribution in [-0.2, 0) is 35.1 Å². The van der Waals surface area contributed by atoms with Crippen LogP contribution in [0.1, 0.15) is 83.6 Å². The Morgan fingerprint density at radius 1 is 1.10 bits per heavy atom. The van der Waals surface area contributed by atoms with Crippen molar-refractivity contribution >= 4 is 29.4 Å². The average Bonchev–Trinajstić information content (AvgIpc) is 3.49. The smallest absolute Gasteiger partial charge is 0.289 e. The Bertz CT molecular complexity index is 1340. The Hall–Kier alpha value is -3.99. The fourth-order valence-corrected chi connectivity index (χ4v) is 6.99. The number of nitrogens with one attached hydrogen (secondary N) is 3. The molecular weight excluding hydrogens is 612 g/mol. The van der Waals surface area contributed by atoms with E-state index in [0.29, 0.717) is 31.6 Å². The van der Waals surface area contributed by atoms with Gasteiger partial charge in [0.2, 0.25) is 23.5 Å². The van der Waals surface area contributed by atoms with Crippen molar-refractivity contribution in [2.24, 2.45) is 5.92 Å². The van der Waals surface area contributed by atoms with Gasteiger partial charge in [-0.05, 0) is 76.0 Å². The first-order valence-corrected chi connectivity index (χ1v) is 17.3. The Labute approximate surface area is 284 Å². The van der Waals surface area contributed by atoms with Crippen molar-refractivity contribution in [2.75, 3.05) is 19.7 Å². The van der Waals surface area contributed by atoms with Crippen molar-refractivity contribution in [3.63, 3.8) is 0 Å². The lowest BCUT2D eigenvalue weighted by molar-refractivity contribution is -0.144. The van der Waals surface area contributed by atoms with Crippen LogP contribution in [0, 0.1) is 5.92 Å². The second kappa shape index (κ2) is 17.4. The lowest BCUT2D eigenvalue weighted by Crippen LogP contribution is -2.58. The third-order valence-corrected chi connectivity index (χ3v) is 9.42. The van der Waals surface area contributed by atoms with Crippen LogP contribution in [0.2, 0.25) is 0 Å². The standard InChI is InChI=1S/C37H52N4O7/c1-5-7-17-29(33(43)35(45)38-19-6-2)39-34(44)30-23-28-24-41(30)36(46)32(26-14-9-8-10-15-26)40-31(42)22-25-13-11-16-27(21-25)47-20-12-18-37(3,4)48-28/h5-6,11,13,16,21,26,28-30,32H,1-2,7-10,12,14-15,17-20,22-24H2,3-4H3,(H,38,45)(H,39,44)(H,40,42)/t28-,29?,30+,32+/m1/s1. The van der Waals surface area contributed by atoms with E-state index >= 15 is 0 Å². The van der Waals surface area contributed by atoms with Crippen LogP contribution in [0.5, 0.6) is 5.75 Å². The molecule has 0 aromatic heterocycles. The Kier molecular flexibility index (Phi) is 13.4. The van der Waals surface area contributed by atoms with E-state index < -0.39 is 47.4 Å². The van der Waals surface area contributed by atoms with Crippen molar-refractivity contribution in [1.29, 1.82) is 0 Å². The van der Waals surface area contributed by atoms with Crippen LogP contribution >= 0.6 is 0 Å². The number of rotatable bonds is 10. The molecule has 262 valence electrons. The number of fused-ring (bicyclic) bond motifs is 4. The predicted molar refractivity (Wildman–Crippen MR) is 182 cm³/mol. The highest BCUT2D eigenvalue weighted by atomic mass is 16.5. The minimum absolute atomic E-state index is 0.0807. The van der Waals surface area contributed by atoms with Gasteiger partial charge in [-0.1, -0.05) is 43.5 Å². The molecule has 4 bridgehead atoms. The van der Waals surface area contributed by atoms with Gasteiger partial charge in [0.15, 0.2) is 0 Å². The molecule has 1 saturated carbocycles. The Balaban J connectivity index is 1.65. The summed E-state index contributed by atoms with van der Waals surface area (Å²) in [6, 6.07) is 4.54. The van der Waals surface area contributed by atoms with Gasteiger partial charge in [-0.2, -0.15) is 0 Å². The third kappa shape index (κ3) is 10.3. The molecule has 48 heavy (non-hydrogen) atoms. The van der Waals surface area contributed by atoms with Gasteiger partial charge < -0.3 is 30.3 Å². The van der Waals surface area contributed by atoms with Crippen LogP contribution < -0.4 is 20.7 Å². The van der Waals surface area contributed by atoms with Gasteiger partial charge in [0, 0.05) is 19.5 Å². The van der Waals surface area contributed by atoms with Crippen LogP contribution in [0.4, 0.5) is 0 Å². The van der Waals surface area contributed by atoms with Crippen LogP contribution in [-0.4, -0.2) is 83.8 Å².